The number of para-hydroxylation sites is 1. The number of thiophene rings is 1. The van der Waals surface area contributed by atoms with E-state index in [1.165, 1.54) is 27.3 Å². The first-order chi connectivity index (χ1) is 13.3. The van der Waals surface area contributed by atoms with Gasteiger partial charge in [0.15, 0.2) is 0 Å². The van der Waals surface area contributed by atoms with Crippen molar-refractivity contribution in [3.8, 4) is 0 Å². The average molecular weight is 387 g/mol. The van der Waals surface area contributed by atoms with Crippen molar-refractivity contribution in [2.45, 2.75) is 12.5 Å². The van der Waals surface area contributed by atoms with Gasteiger partial charge in [0, 0.05) is 23.9 Å². The molecule has 5 rings (SSSR count). The van der Waals surface area contributed by atoms with Crippen LogP contribution in [0.3, 0.4) is 0 Å². The molecule has 3 aromatic rings. The third kappa shape index (κ3) is 3.01. The number of hydrogen-bond donors (Lipinski definition) is 1. The van der Waals surface area contributed by atoms with Crippen molar-refractivity contribution in [2.24, 2.45) is 0 Å². The lowest BCUT2D eigenvalue weighted by molar-refractivity contribution is 0.834. The van der Waals surface area contributed by atoms with Crippen LogP contribution in [0.2, 0.25) is 0 Å². The maximum atomic E-state index is 5.66. The molecule has 0 bridgehead atoms. The Bertz CT molecular complexity index is 1050. The highest BCUT2D eigenvalue weighted by atomic mass is 32.1. The second-order valence-electron chi connectivity index (χ2n) is 6.72. The molecule has 3 heterocycles. The average Bonchev–Trinajstić information content (AvgIpc) is 3.19. The Kier molecular flexibility index (Phi) is 4.15. The van der Waals surface area contributed by atoms with Crippen LogP contribution in [-0.4, -0.2) is 11.0 Å². The first-order valence-electron chi connectivity index (χ1n) is 8.99. The normalized spacial score (nSPS) is 18.6. The summed E-state index contributed by atoms with van der Waals surface area (Å²) in [5.74, 6) is 0. The summed E-state index contributed by atoms with van der Waals surface area (Å²) in [6.45, 7) is 0. The van der Waals surface area contributed by atoms with E-state index in [-0.39, 0.29) is 6.04 Å². The van der Waals surface area contributed by atoms with Crippen molar-refractivity contribution in [3.63, 3.8) is 0 Å². The number of nitrogens with one attached hydrogen (secondary N) is 1. The second-order valence-corrected chi connectivity index (χ2v) is 8.14. The minimum Gasteiger partial charge on any atom is -0.349 e. The van der Waals surface area contributed by atoms with Crippen LogP contribution in [0.1, 0.15) is 17.5 Å². The number of hydrogen-bond acceptors (Lipinski definition) is 3. The standard InChI is InChI=1S/C23H18N2S2/c26-22-14-21-19(18-9-4-5-10-20(18)24-22)13-17(16-7-2-1-3-8-16)15-25(21)23-11-6-12-27-23/h1-13,15,21H,14H2,(H,24,26). The van der Waals surface area contributed by atoms with Gasteiger partial charge in [-0.25, -0.2) is 0 Å². The zero-order chi connectivity index (χ0) is 18.2. The number of fused-ring (bicyclic) bond motifs is 3. The number of nitrogens with zero attached hydrogens (tertiary/aromatic N) is 1. The monoisotopic (exact) mass is 386 g/mol. The predicted octanol–water partition coefficient (Wildman–Crippen LogP) is 6.20. The molecule has 1 aromatic heterocycles. The molecule has 2 aliphatic rings. The van der Waals surface area contributed by atoms with Crippen molar-refractivity contribution in [1.82, 2.24) is 0 Å². The molecule has 2 aliphatic heterocycles. The van der Waals surface area contributed by atoms with Gasteiger partial charge >= 0.3 is 0 Å². The van der Waals surface area contributed by atoms with E-state index in [1.54, 1.807) is 11.3 Å². The molecule has 132 valence electrons. The summed E-state index contributed by atoms with van der Waals surface area (Å²) in [5.41, 5.74) is 6.08. The van der Waals surface area contributed by atoms with Gasteiger partial charge in [-0.2, -0.15) is 0 Å². The van der Waals surface area contributed by atoms with Crippen LogP contribution in [0.25, 0.3) is 11.1 Å². The smallest absolute Gasteiger partial charge is 0.0954 e. The highest BCUT2D eigenvalue weighted by Crippen LogP contribution is 2.42. The first-order valence-corrected chi connectivity index (χ1v) is 10.3. The molecule has 1 atom stereocenters. The van der Waals surface area contributed by atoms with Crippen LogP contribution in [-0.2, 0) is 0 Å². The molecule has 1 N–H and O–H groups in total. The van der Waals surface area contributed by atoms with Crippen LogP contribution in [0, 0.1) is 0 Å². The van der Waals surface area contributed by atoms with Crippen molar-refractivity contribution in [3.05, 3.63) is 95.5 Å². The van der Waals surface area contributed by atoms with E-state index >= 15 is 0 Å². The Balaban J connectivity index is 1.72. The topological polar surface area (TPSA) is 15.3 Å². The molecular weight excluding hydrogens is 368 g/mol. The van der Waals surface area contributed by atoms with Crippen molar-refractivity contribution < 1.29 is 0 Å². The van der Waals surface area contributed by atoms with E-state index in [0.29, 0.717) is 0 Å². The maximum Gasteiger partial charge on any atom is 0.0954 e. The predicted molar refractivity (Wildman–Crippen MR) is 120 cm³/mol. The molecule has 0 saturated heterocycles. The summed E-state index contributed by atoms with van der Waals surface area (Å²) < 4.78 is 0. The fourth-order valence-electron chi connectivity index (χ4n) is 3.80. The molecule has 0 spiro atoms. The molecule has 0 radical (unpaired) electrons. The summed E-state index contributed by atoms with van der Waals surface area (Å²) in [7, 11) is 0. The maximum absolute atomic E-state index is 5.66. The SMILES string of the molecule is S=C1CC2C(=CC(c3ccccc3)=CN2c2cccs2)c2ccccc2N1. The van der Waals surface area contributed by atoms with Crippen LogP contribution in [0.5, 0.6) is 0 Å². The summed E-state index contributed by atoms with van der Waals surface area (Å²) in [6, 6.07) is 23.5. The molecule has 2 nitrogen and oxygen atoms in total. The third-order valence-electron chi connectivity index (χ3n) is 5.04. The van der Waals surface area contributed by atoms with Gasteiger partial charge in [0.25, 0.3) is 0 Å². The summed E-state index contributed by atoms with van der Waals surface area (Å²) >= 11 is 7.42. The van der Waals surface area contributed by atoms with Gasteiger partial charge in [0.05, 0.1) is 16.0 Å². The Labute approximate surface area is 168 Å². The Morgan fingerprint density at radius 1 is 0.963 bits per heavy atom. The van der Waals surface area contributed by atoms with E-state index in [9.17, 15) is 0 Å². The zero-order valence-electron chi connectivity index (χ0n) is 14.6. The van der Waals surface area contributed by atoms with Crippen molar-refractivity contribution >= 4 is 50.4 Å². The lowest BCUT2D eigenvalue weighted by Crippen LogP contribution is -2.35. The molecule has 27 heavy (non-hydrogen) atoms. The van der Waals surface area contributed by atoms with E-state index in [2.05, 4.69) is 94.6 Å². The van der Waals surface area contributed by atoms with E-state index in [0.717, 1.165) is 17.1 Å². The molecule has 1 unspecified atom stereocenters. The molecule has 0 saturated carbocycles. The van der Waals surface area contributed by atoms with Gasteiger partial charge < -0.3 is 10.2 Å². The van der Waals surface area contributed by atoms with Crippen LogP contribution < -0.4 is 10.2 Å². The molecule has 4 heteroatoms. The van der Waals surface area contributed by atoms with Crippen LogP contribution in [0.15, 0.2) is 84.4 Å². The molecule has 2 aromatic carbocycles. The first kappa shape index (κ1) is 16.5. The fourth-order valence-corrected chi connectivity index (χ4v) is 4.82. The van der Waals surface area contributed by atoms with Gasteiger partial charge in [-0.15, -0.1) is 11.3 Å². The van der Waals surface area contributed by atoms with Gasteiger partial charge in [-0.05, 0) is 46.4 Å². The van der Waals surface area contributed by atoms with Crippen LogP contribution in [0.4, 0.5) is 10.7 Å². The molecule has 0 amide bonds. The van der Waals surface area contributed by atoms with E-state index in [1.807, 2.05) is 0 Å². The van der Waals surface area contributed by atoms with Crippen molar-refractivity contribution in [1.29, 1.82) is 0 Å². The molecular formula is C23H18N2S2. The quantitative estimate of drug-likeness (QED) is 0.528. The van der Waals surface area contributed by atoms with Gasteiger partial charge in [0.2, 0.25) is 0 Å². The third-order valence-corrected chi connectivity index (χ3v) is 6.19. The number of allylic oxidation sites excluding steroid dienone is 2. The number of rotatable bonds is 2. The highest BCUT2D eigenvalue weighted by Gasteiger charge is 2.32. The van der Waals surface area contributed by atoms with Gasteiger partial charge in [-0.3, -0.25) is 0 Å². The zero-order valence-corrected chi connectivity index (χ0v) is 16.3. The molecule has 0 aliphatic carbocycles. The lowest BCUT2D eigenvalue weighted by atomic mass is 9.89. The number of benzene rings is 2. The van der Waals surface area contributed by atoms with Gasteiger partial charge in [-0.1, -0.05) is 60.7 Å². The Morgan fingerprint density at radius 2 is 1.78 bits per heavy atom. The second kappa shape index (κ2) is 6.80. The van der Waals surface area contributed by atoms with Crippen LogP contribution >= 0.6 is 23.6 Å². The van der Waals surface area contributed by atoms with E-state index < -0.39 is 0 Å². The fraction of sp³-hybridized carbons (Fsp3) is 0.0870. The largest absolute Gasteiger partial charge is 0.349 e. The highest BCUT2D eigenvalue weighted by molar-refractivity contribution is 7.80. The number of thiocarbonyl (C=S) groups is 1. The summed E-state index contributed by atoms with van der Waals surface area (Å²) in [6.07, 6.45) is 5.40. The lowest BCUT2D eigenvalue weighted by Gasteiger charge is -2.34. The van der Waals surface area contributed by atoms with Gasteiger partial charge in [0.1, 0.15) is 0 Å². The summed E-state index contributed by atoms with van der Waals surface area (Å²) in [5, 5.41) is 6.81. The minimum atomic E-state index is 0.194. The van der Waals surface area contributed by atoms with Crippen molar-refractivity contribution in [2.75, 3.05) is 10.2 Å². The summed E-state index contributed by atoms with van der Waals surface area (Å²) in [4.78, 5) is 3.27. The minimum absolute atomic E-state index is 0.194. The number of anilines is 2. The Morgan fingerprint density at radius 3 is 2.59 bits per heavy atom. The Hall–Kier alpha value is -2.69. The molecule has 0 fully saturated rings. The van der Waals surface area contributed by atoms with E-state index in [4.69, 9.17) is 12.2 Å².